The normalized spacial score (nSPS) is 10.5. The summed E-state index contributed by atoms with van der Waals surface area (Å²) in [4.78, 5) is 16.3. The number of nitrogens with zero attached hydrogens (tertiary/aromatic N) is 2. The minimum atomic E-state index is -0.617. The molecule has 25 heavy (non-hydrogen) atoms. The third kappa shape index (κ3) is 3.77. The first-order chi connectivity index (χ1) is 12.1. The van der Waals surface area contributed by atoms with E-state index in [-0.39, 0.29) is 23.7 Å². The van der Waals surface area contributed by atoms with Gasteiger partial charge in [0, 0.05) is 11.1 Å². The zero-order valence-electron chi connectivity index (χ0n) is 13.1. The second kappa shape index (κ2) is 7.31. The van der Waals surface area contributed by atoms with Crippen LogP contribution in [0.1, 0.15) is 16.2 Å². The number of hydrogen-bond acceptors (Lipinski definition) is 5. The van der Waals surface area contributed by atoms with Crippen LogP contribution < -0.4 is 10.1 Å². The molecule has 1 amide bonds. The van der Waals surface area contributed by atoms with Crippen LogP contribution in [-0.2, 0) is 6.54 Å². The highest BCUT2D eigenvalue weighted by molar-refractivity contribution is 6.33. The number of carbonyl (C=O) groups excluding carboxylic acids is 1. The summed E-state index contributed by atoms with van der Waals surface area (Å²) in [6, 6.07) is 11.0. The molecule has 0 saturated carbocycles. The topological polar surface area (TPSA) is 77.2 Å². The fraction of sp³-hybridized carbons (Fsp3) is 0.118. The molecule has 0 aliphatic carbocycles. The highest BCUT2D eigenvalue weighted by Gasteiger charge is 2.14. The van der Waals surface area contributed by atoms with Crippen LogP contribution in [0.5, 0.6) is 5.75 Å². The molecule has 3 aromatic rings. The molecule has 0 saturated heterocycles. The van der Waals surface area contributed by atoms with Gasteiger partial charge in [0.2, 0.25) is 11.7 Å². The number of carbonyl (C=O) groups is 1. The second-order valence-electron chi connectivity index (χ2n) is 5.02. The minimum absolute atomic E-state index is 0.00390. The fourth-order valence-corrected chi connectivity index (χ4v) is 2.36. The van der Waals surface area contributed by atoms with Crippen molar-refractivity contribution in [2.45, 2.75) is 6.54 Å². The Labute approximate surface area is 147 Å². The lowest BCUT2D eigenvalue weighted by molar-refractivity contribution is 0.0945. The van der Waals surface area contributed by atoms with Crippen LogP contribution >= 0.6 is 11.6 Å². The highest BCUT2D eigenvalue weighted by atomic mass is 35.5. The van der Waals surface area contributed by atoms with E-state index < -0.39 is 11.7 Å². The monoisotopic (exact) mass is 361 g/mol. The van der Waals surface area contributed by atoms with E-state index in [1.165, 1.54) is 19.2 Å². The number of rotatable bonds is 5. The van der Waals surface area contributed by atoms with E-state index in [1.54, 1.807) is 24.3 Å². The fourth-order valence-electron chi connectivity index (χ4n) is 2.14. The number of halogens is 2. The molecule has 6 nitrogen and oxygen atoms in total. The van der Waals surface area contributed by atoms with E-state index in [0.717, 1.165) is 6.07 Å². The summed E-state index contributed by atoms with van der Waals surface area (Å²) in [6.07, 6.45) is 0. The maximum Gasteiger partial charge on any atom is 0.251 e. The summed E-state index contributed by atoms with van der Waals surface area (Å²) in [6.45, 7) is 0.00390. The van der Waals surface area contributed by atoms with Gasteiger partial charge in [-0.2, -0.15) is 4.98 Å². The molecule has 0 unspecified atom stereocenters. The van der Waals surface area contributed by atoms with Crippen molar-refractivity contribution in [1.82, 2.24) is 15.5 Å². The van der Waals surface area contributed by atoms with E-state index in [1.807, 2.05) is 0 Å². The molecule has 0 fully saturated rings. The van der Waals surface area contributed by atoms with Crippen LogP contribution in [0.2, 0.25) is 5.02 Å². The molecule has 0 radical (unpaired) electrons. The number of hydrogen-bond donors (Lipinski definition) is 1. The van der Waals surface area contributed by atoms with E-state index in [4.69, 9.17) is 20.9 Å². The van der Waals surface area contributed by atoms with Crippen molar-refractivity contribution in [2.75, 3.05) is 7.11 Å². The van der Waals surface area contributed by atoms with E-state index in [2.05, 4.69) is 15.5 Å². The molecular weight excluding hydrogens is 349 g/mol. The molecule has 0 bridgehead atoms. The van der Waals surface area contributed by atoms with Gasteiger partial charge in [-0.15, -0.1) is 0 Å². The molecule has 128 valence electrons. The van der Waals surface area contributed by atoms with Gasteiger partial charge in [0.15, 0.2) is 11.6 Å². The van der Waals surface area contributed by atoms with E-state index in [9.17, 15) is 9.18 Å². The summed E-state index contributed by atoms with van der Waals surface area (Å²) >= 11 is 6.08. The summed E-state index contributed by atoms with van der Waals surface area (Å²) in [5.41, 5.74) is 0.784. The number of aromatic nitrogens is 2. The van der Waals surface area contributed by atoms with E-state index >= 15 is 0 Å². The molecule has 1 heterocycles. The zero-order valence-corrected chi connectivity index (χ0v) is 13.9. The van der Waals surface area contributed by atoms with Gasteiger partial charge in [0.1, 0.15) is 0 Å². The Morgan fingerprint density at radius 3 is 2.84 bits per heavy atom. The van der Waals surface area contributed by atoms with Crippen LogP contribution in [0.3, 0.4) is 0 Å². The lowest BCUT2D eigenvalue weighted by atomic mass is 10.2. The first-order valence-electron chi connectivity index (χ1n) is 7.27. The predicted molar refractivity (Wildman–Crippen MR) is 88.9 cm³/mol. The lowest BCUT2D eigenvalue weighted by Crippen LogP contribution is -2.23. The van der Waals surface area contributed by atoms with Gasteiger partial charge in [-0.25, -0.2) is 4.39 Å². The van der Waals surface area contributed by atoms with Crippen LogP contribution in [0, 0.1) is 5.82 Å². The van der Waals surface area contributed by atoms with Crippen molar-refractivity contribution in [3.63, 3.8) is 0 Å². The summed E-state index contributed by atoms with van der Waals surface area (Å²) in [7, 11) is 1.35. The molecule has 0 aliphatic heterocycles. The van der Waals surface area contributed by atoms with Gasteiger partial charge in [-0.1, -0.05) is 28.9 Å². The van der Waals surface area contributed by atoms with Gasteiger partial charge in [0.05, 0.1) is 18.7 Å². The first-order valence-corrected chi connectivity index (χ1v) is 7.65. The van der Waals surface area contributed by atoms with Crippen LogP contribution in [0.25, 0.3) is 11.4 Å². The number of ether oxygens (including phenoxy) is 1. The van der Waals surface area contributed by atoms with Crippen LogP contribution in [0.15, 0.2) is 47.0 Å². The molecular formula is C17H13ClFN3O3. The lowest BCUT2D eigenvalue weighted by Gasteiger charge is -2.05. The van der Waals surface area contributed by atoms with Crippen molar-refractivity contribution < 1.29 is 18.4 Å². The number of nitrogens with one attached hydrogen (secondary N) is 1. The maximum absolute atomic E-state index is 13.6. The third-order valence-electron chi connectivity index (χ3n) is 3.40. The molecule has 0 aliphatic rings. The van der Waals surface area contributed by atoms with Gasteiger partial charge in [-0.05, 0) is 30.3 Å². The SMILES string of the molecule is COc1ccc(C(=O)NCc2nc(-c3ccccc3Cl)no2)cc1F. The Morgan fingerprint density at radius 2 is 2.12 bits per heavy atom. The quantitative estimate of drug-likeness (QED) is 0.753. The average molecular weight is 362 g/mol. The summed E-state index contributed by atoms with van der Waals surface area (Å²) in [5.74, 6) is -0.492. The number of amides is 1. The highest BCUT2D eigenvalue weighted by Crippen LogP contribution is 2.24. The Kier molecular flexibility index (Phi) is 4.95. The molecule has 1 N–H and O–H groups in total. The smallest absolute Gasteiger partial charge is 0.251 e. The maximum atomic E-state index is 13.6. The molecule has 0 spiro atoms. The average Bonchev–Trinajstić information content (AvgIpc) is 3.08. The van der Waals surface area contributed by atoms with Crippen molar-refractivity contribution in [3.05, 3.63) is 64.8 Å². The Hall–Kier alpha value is -2.93. The van der Waals surface area contributed by atoms with Gasteiger partial charge in [-0.3, -0.25) is 4.79 Å². The van der Waals surface area contributed by atoms with Crippen LogP contribution in [-0.4, -0.2) is 23.2 Å². The predicted octanol–water partition coefficient (Wildman–Crippen LogP) is 3.47. The van der Waals surface area contributed by atoms with Gasteiger partial charge >= 0.3 is 0 Å². The summed E-state index contributed by atoms with van der Waals surface area (Å²) in [5, 5.41) is 6.91. The molecule has 2 aromatic carbocycles. The Bertz CT molecular complexity index is 914. The molecule has 3 rings (SSSR count). The number of methoxy groups -OCH3 is 1. The number of benzene rings is 2. The van der Waals surface area contributed by atoms with Crippen molar-refractivity contribution >= 4 is 17.5 Å². The Balaban J connectivity index is 1.67. The van der Waals surface area contributed by atoms with Gasteiger partial charge < -0.3 is 14.6 Å². The molecule has 8 heteroatoms. The van der Waals surface area contributed by atoms with Crippen LogP contribution in [0.4, 0.5) is 4.39 Å². The van der Waals surface area contributed by atoms with E-state index in [0.29, 0.717) is 16.4 Å². The van der Waals surface area contributed by atoms with Crippen molar-refractivity contribution in [3.8, 4) is 17.1 Å². The van der Waals surface area contributed by atoms with Crippen molar-refractivity contribution in [1.29, 1.82) is 0 Å². The minimum Gasteiger partial charge on any atom is -0.494 e. The third-order valence-corrected chi connectivity index (χ3v) is 3.73. The summed E-state index contributed by atoms with van der Waals surface area (Å²) < 4.78 is 23.5. The largest absolute Gasteiger partial charge is 0.494 e. The zero-order chi connectivity index (χ0) is 17.8. The molecule has 0 atom stereocenters. The molecule has 1 aromatic heterocycles. The van der Waals surface area contributed by atoms with Crippen molar-refractivity contribution in [2.24, 2.45) is 0 Å². The standard InChI is InChI=1S/C17H13ClFN3O3/c1-24-14-7-6-10(8-13(14)19)17(23)20-9-15-21-16(22-25-15)11-4-2-3-5-12(11)18/h2-8H,9H2,1H3,(H,20,23). The van der Waals surface area contributed by atoms with Gasteiger partial charge in [0.25, 0.3) is 5.91 Å². The Morgan fingerprint density at radius 1 is 1.32 bits per heavy atom. The second-order valence-corrected chi connectivity index (χ2v) is 5.43. The first kappa shape index (κ1) is 16.9.